The number of carboxylic acids is 1. The SMILES string of the molecule is CCCCC(NC(=O)c1cc(C)sc1Br)C(=O)O. The van der Waals surface area contributed by atoms with Crippen molar-refractivity contribution in [2.75, 3.05) is 0 Å². The predicted molar refractivity (Wildman–Crippen MR) is 75.2 cm³/mol. The van der Waals surface area contributed by atoms with Crippen LogP contribution in [0.3, 0.4) is 0 Å². The van der Waals surface area contributed by atoms with Crippen molar-refractivity contribution in [1.29, 1.82) is 0 Å². The van der Waals surface area contributed by atoms with Crippen LogP contribution in [0.4, 0.5) is 0 Å². The number of hydrogen-bond acceptors (Lipinski definition) is 3. The lowest BCUT2D eigenvalue weighted by Gasteiger charge is -2.13. The van der Waals surface area contributed by atoms with Crippen LogP contribution in [0.1, 0.15) is 41.4 Å². The number of carbonyl (C=O) groups is 2. The highest BCUT2D eigenvalue weighted by molar-refractivity contribution is 9.11. The van der Waals surface area contributed by atoms with E-state index in [1.54, 1.807) is 6.07 Å². The van der Waals surface area contributed by atoms with Gasteiger partial charge in [0.25, 0.3) is 5.91 Å². The van der Waals surface area contributed by atoms with Crippen LogP contribution >= 0.6 is 27.3 Å². The third kappa shape index (κ3) is 4.10. The van der Waals surface area contributed by atoms with Crippen molar-refractivity contribution in [3.8, 4) is 0 Å². The first-order valence-corrected chi connectivity index (χ1v) is 7.36. The van der Waals surface area contributed by atoms with Gasteiger partial charge in [0.05, 0.1) is 9.35 Å². The number of rotatable bonds is 6. The summed E-state index contributed by atoms with van der Waals surface area (Å²) in [5.74, 6) is -1.32. The first-order valence-electron chi connectivity index (χ1n) is 5.75. The molecule has 1 amide bonds. The van der Waals surface area contributed by atoms with Gasteiger partial charge in [0, 0.05) is 4.88 Å². The Balaban J connectivity index is 2.72. The molecule has 1 aromatic rings. The van der Waals surface area contributed by atoms with E-state index in [2.05, 4.69) is 21.2 Å². The fourth-order valence-electron chi connectivity index (χ4n) is 1.54. The van der Waals surface area contributed by atoms with Gasteiger partial charge in [0.1, 0.15) is 6.04 Å². The number of halogens is 1. The molecule has 18 heavy (non-hydrogen) atoms. The van der Waals surface area contributed by atoms with Crippen molar-refractivity contribution in [2.45, 2.75) is 39.2 Å². The highest BCUT2D eigenvalue weighted by atomic mass is 79.9. The fraction of sp³-hybridized carbons (Fsp3) is 0.500. The van der Waals surface area contributed by atoms with E-state index in [9.17, 15) is 9.59 Å². The molecule has 0 aliphatic heterocycles. The Morgan fingerprint density at radius 2 is 2.22 bits per heavy atom. The minimum Gasteiger partial charge on any atom is -0.480 e. The van der Waals surface area contributed by atoms with Gasteiger partial charge in [-0.2, -0.15) is 0 Å². The van der Waals surface area contributed by atoms with E-state index in [0.29, 0.717) is 12.0 Å². The third-order valence-electron chi connectivity index (χ3n) is 2.50. The molecule has 2 N–H and O–H groups in total. The molecule has 0 saturated heterocycles. The zero-order chi connectivity index (χ0) is 13.7. The van der Waals surface area contributed by atoms with E-state index in [-0.39, 0.29) is 5.91 Å². The van der Waals surface area contributed by atoms with E-state index >= 15 is 0 Å². The highest BCUT2D eigenvalue weighted by Crippen LogP contribution is 2.27. The number of amides is 1. The Hall–Kier alpha value is -0.880. The molecule has 0 bridgehead atoms. The van der Waals surface area contributed by atoms with Crippen molar-refractivity contribution < 1.29 is 14.7 Å². The van der Waals surface area contributed by atoms with Gasteiger partial charge in [-0.1, -0.05) is 19.8 Å². The fourth-order valence-corrected chi connectivity index (χ4v) is 3.32. The summed E-state index contributed by atoms with van der Waals surface area (Å²) in [5.41, 5.74) is 0.500. The molecule has 0 aromatic carbocycles. The van der Waals surface area contributed by atoms with Gasteiger partial charge < -0.3 is 10.4 Å². The molecule has 1 aromatic heterocycles. The van der Waals surface area contributed by atoms with Crippen molar-refractivity contribution in [3.05, 3.63) is 20.3 Å². The van der Waals surface area contributed by atoms with E-state index in [1.165, 1.54) is 11.3 Å². The summed E-state index contributed by atoms with van der Waals surface area (Å²) in [5, 5.41) is 11.6. The van der Waals surface area contributed by atoms with E-state index in [0.717, 1.165) is 21.5 Å². The van der Waals surface area contributed by atoms with Crippen LogP contribution in [-0.2, 0) is 4.79 Å². The summed E-state index contributed by atoms with van der Waals surface area (Å²) in [7, 11) is 0. The molecule has 100 valence electrons. The quantitative estimate of drug-likeness (QED) is 0.840. The first-order chi connectivity index (χ1) is 8.45. The predicted octanol–water partition coefficient (Wildman–Crippen LogP) is 3.19. The number of hydrogen-bond donors (Lipinski definition) is 2. The van der Waals surface area contributed by atoms with Crippen molar-refractivity contribution in [2.24, 2.45) is 0 Å². The molecule has 0 spiro atoms. The van der Waals surface area contributed by atoms with Crippen LogP contribution in [-0.4, -0.2) is 23.0 Å². The Bertz CT molecular complexity index is 445. The van der Waals surface area contributed by atoms with Crippen molar-refractivity contribution >= 4 is 39.1 Å². The van der Waals surface area contributed by atoms with E-state index in [1.807, 2.05) is 13.8 Å². The minimum atomic E-state index is -0.986. The number of aliphatic carboxylic acids is 1. The summed E-state index contributed by atoms with van der Waals surface area (Å²) in [6.45, 7) is 3.89. The summed E-state index contributed by atoms with van der Waals surface area (Å²) in [4.78, 5) is 24.0. The second-order valence-corrected chi connectivity index (χ2v) is 6.63. The van der Waals surface area contributed by atoms with Gasteiger partial charge in [-0.15, -0.1) is 11.3 Å². The Morgan fingerprint density at radius 3 is 2.67 bits per heavy atom. The van der Waals surface area contributed by atoms with Crippen LogP contribution in [0.2, 0.25) is 0 Å². The van der Waals surface area contributed by atoms with Gasteiger partial charge in [0.15, 0.2) is 0 Å². The number of unbranched alkanes of at least 4 members (excludes halogenated alkanes) is 1. The molecule has 4 nitrogen and oxygen atoms in total. The normalized spacial score (nSPS) is 12.2. The van der Waals surface area contributed by atoms with Gasteiger partial charge >= 0.3 is 5.97 Å². The maximum atomic E-state index is 12.0. The Labute approximate surface area is 119 Å². The first kappa shape index (κ1) is 15.2. The van der Waals surface area contributed by atoms with Crippen LogP contribution in [0.5, 0.6) is 0 Å². The molecular weight excluding hydrogens is 318 g/mol. The molecule has 0 saturated carbocycles. The Kier molecular flexibility index (Phi) is 5.81. The Morgan fingerprint density at radius 1 is 1.56 bits per heavy atom. The summed E-state index contributed by atoms with van der Waals surface area (Å²) in [6, 6.07) is 0.938. The number of nitrogens with one attached hydrogen (secondary N) is 1. The molecular formula is C12H16BrNO3S. The lowest BCUT2D eigenvalue weighted by molar-refractivity contribution is -0.139. The van der Waals surface area contributed by atoms with E-state index in [4.69, 9.17) is 5.11 Å². The zero-order valence-corrected chi connectivity index (χ0v) is 12.7. The molecule has 0 aliphatic rings. The molecule has 0 fully saturated rings. The van der Waals surface area contributed by atoms with Gasteiger partial charge in [0.2, 0.25) is 0 Å². The standard InChI is InChI=1S/C12H16BrNO3S/c1-3-4-5-9(12(16)17)14-11(15)8-6-7(2)18-10(8)13/h6,9H,3-5H2,1-2H3,(H,14,15)(H,16,17). The maximum absolute atomic E-state index is 12.0. The molecule has 1 unspecified atom stereocenters. The topological polar surface area (TPSA) is 66.4 Å². The van der Waals surface area contributed by atoms with Crippen molar-refractivity contribution in [3.63, 3.8) is 0 Å². The summed E-state index contributed by atoms with van der Waals surface area (Å²) >= 11 is 4.77. The second-order valence-electron chi connectivity index (χ2n) is 4.05. The van der Waals surface area contributed by atoms with Gasteiger partial charge in [-0.25, -0.2) is 4.79 Å². The number of aryl methyl sites for hydroxylation is 1. The third-order valence-corrected chi connectivity index (χ3v) is 4.26. The lowest BCUT2D eigenvalue weighted by atomic mass is 10.1. The largest absolute Gasteiger partial charge is 0.480 e. The van der Waals surface area contributed by atoms with Crippen LogP contribution in [0, 0.1) is 6.92 Å². The van der Waals surface area contributed by atoms with E-state index < -0.39 is 12.0 Å². The zero-order valence-electron chi connectivity index (χ0n) is 10.3. The lowest BCUT2D eigenvalue weighted by Crippen LogP contribution is -2.40. The number of carboxylic acid groups (broad SMARTS) is 1. The monoisotopic (exact) mass is 333 g/mol. The van der Waals surface area contributed by atoms with Crippen molar-refractivity contribution in [1.82, 2.24) is 5.32 Å². The summed E-state index contributed by atoms with van der Waals surface area (Å²) < 4.78 is 0.733. The molecule has 0 radical (unpaired) electrons. The average Bonchev–Trinajstić information content (AvgIpc) is 2.63. The summed E-state index contributed by atoms with van der Waals surface area (Å²) in [6.07, 6.45) is 2.14. The molecule has 1 rings (SSSR count). The maximum Gasteiger partial charge on any atom is 0.326 e. The van der Waals surface area contributed by atoms with Crippen LogP contribution in [0.15, 0.2) is 9.85 Å². The molecule has 1 heterocycles. The highest BCUT2D eigenvalue weighted by Gasteiger charge is 2.21. The average molecular weight is 334 g/mol. The van der Waals surface area contributed by atoms with Crippen LogP contribution < -0.4 is 5.32 Å². The molecule has 6 heteroatoms. The molecule has 0 aliphatic carbocycles. The number of carbonyl (C=O) groups excluding carboxylic acids is 1. The molecule has 1 atom stereocenters. The number of thiophene rings is 1. The van der Waals surface area contributed by atoms with Crippen LogP contribution in [0.25, 0.3) is 0 Å². The van der Waals surface area contributed by atoms with Gasteiger partial charge in [-0.05, 0) is 35.3 Å². The van der Waals surface area contributed by atoms with Gasteiger partial charge in [-0.3, -0.25) is 4.79 Å². The smallest absolute Gasteiger partial charge is 0.326 e. The second kappa shape index (κ2) is 6.89. The minimum absolute atomic E-state index is 0.338.